The van der Waals surface area contributed by atoms with Crippen molar-refractivity contribution >= 4 is 43.4 Å². The summed E-state index contributed by atoms with van der Waals surface area (Å²) in [7, 11) is 2.03. The Balaban J connectivity index is 0.00000276. The van der Waals surface area contributed by atoms with Gasteiger partial charge in [-0.05, 0) is 46.5 Å². The second-order valence-corrected chi connectivity index (χ2v) is 10.7. The molecule has 41 heavy (non-hydrogen) atoms. The van der Waals surface area contributed by atoms with Crippen LogP contribution in [0, 0.1) is 12.1 Å². The third-order valence-electron chi connectivity index (χ3n) is 7.25. The molecule has 0 unspecified atom stereocenters. The van der Waals surface area contributed by atoms with E-state index in [1.54, 1.807) is 11.3 Å². The predicted octanol–water partition coefficient (Wildman–Crippen LogP) is 8.12. The van der Waals surface area contributed by atoms with Crippen LogP contribution < -0.4 is 0 Å². The number of rotatable bonds is 4. The SMILES string of the molecule is Cn1ccnc1-c1cccc2c1c1ccc(-c3nc4ccccc4s3)[c-]c1n2-c1[c-]c(-c2ccccn2)ccc1.[Pt+2]. The first kappa shape index (κ1) is 25.6. The smallest absolute Gasteiger partial charge is 0.346 e. The van der Waals surface area contributed by atoms with Gasteiger partial charge in [0.25, 0.3) is 0 Å². The fourth-order valence-corrected chi connectivity index (χ4v) is 6.37. The Hall–Kier alpha value is -4.38. The van der Waals surface area contributed by atoms with Gasteiger partial charge in [0.1, 0.15) is 5.82 Å². The van der Waals surface area contributed by atoms with Crippen LogP contribution in [-0.2, 0) is 28.1 Å². The molecule has 4 heterocycles. The van der Waals surface area contributed by atoms with Crippen molar-refractivity contribution in [3.05, 3.63) is 122 Å². The minimum Gasteiger partial charge on any atom is -0.346 e. The quantitative estimate of drug-likeness (QED) is 0.172. The number of para-hydroxylation sites is 1. The molecule has 5 nitrogen and oxygen atoms in total. The molecule has 0 atom stereocenters. The average Bonchev–Trinajstić information content (AvgIpc) is 3.72. The third kappa shape index (κ3) is 4.22. The van der Waals surface area contributed by atoms with Crippen molar-refractivity contribution < 1.29 is 21.1 Å². The number of aryl methyl sites for hydroxylation is 1. The number of fused-ring (bicyclic) bond motifs is 4. The molecule has 0 bridgehead atoms. The van der Waals surface area contributed by atoms with Gasteiger partial charge in [-0.25, -0.2) is 4.98 Å². The second-order valence-electron chi connectivity index (χ2n) is 9.68. The van der Waals surface area contributed by atoms with Crippen LogP contribution in [0.5, 0.6) is 0 Å². The zero-order chi connectivity index (χ0) is 26.6. The molecule has 0 aliphatic rings. The van der Waals surface area contributed by atoms with Crippen molar-refractivity contribution in [1.82, 2.24) is 24.1 Å². The minimum absolute atomic E-state index is 0. The van der Waals surface area contributed by atoms with Crippen LogP contribution in [0.2, 0.25) is 0 Å². The largest absolute Gasteiger partial charge is 2.00 e. The Morgan fingerprint density at radius 2 is 1.63 bits per heavy atom. The van der Waals surface area contributed by atoms with Crippen LogP contribution in [-0.4, -0.2) is 24.1 Å². The molecule has 4 aromatic carbocycles. The van der Waals surface area contributed by atoms with Crippen molar-refractivity contribution in [2.75, 3.05) is 0 Å². The normalized spacial score (nSPS) is 11.3. The number of aromatic nitrogens is 5. The van der Waals surface area contributed by atoms with Gasteiger partial charge < -0.3 is 14.1 Å². The molecule has 0 saturated carbocycles. The maximum absolute atomic E-state index is 4.92. The molecule has 0 saturated heterocycles. The summed E-state index contributed by atoms with van der Waals surface area (Å²) in [6.45, 7) is 0. The molecular formula is C34H21N5PtS. The van der Waals surface area contributed by atoms with E-state index in [9.17, 15) is 0 Å². The van der Waals surface area contributed by atoms with Gasteiger partial charge in [0.05, 0.1) is 5.52 Å². The van der Waals surface area contributed by atoms with Crippen molar-refractivity contribution in [1.29, 1.82) is 0 Å². The molecule has 0 amide bonds. The molecule has 0 N–H and O–H groups in total. The first-order chi connectivity index (χ1) is 19.7. The Morgan fingerprint density at radius 1 is 0.756 bits per heavy atom. The van der Waals surface area contributed by atoms with Crippen molar-refractivity contribution in [3.63, 3.8) is 0 Å². The maximum atomic E-state index is 4.92. The van der Waals surface area contributed by atoms with Crippen LogP contribution in [0.25, 0.3) is 70.9 Å². The number of hydrogen-bond acceptors (Lipinski definition) is 4. The minimum atomic E-state index is 0. The molecule has 198 valence electrons. The van der Waals surface area contributed by atoms with Gasteiger partial charge in [-0.3, -0.25) is 4.98 Å². The summed E-state index contributed by atoms with van der Waals surface area (Å²) < 4.78 is 5.48. The van der Waals surface area contributed by atoms with E-state index in [1.807, 2.05) is 49.9 Å². The molecule has 0 aliphatic heterocycles. The molecule has 8 rings (SSSR count). The van der Waals surface area contributed by atoms with E-state index in [0.717, 1.165) is 66.2 Å². The van der Waals surface area contributed by atoms with Gasteiger partial charge in [-0.2, -0.15) is 11.3 Å². The van der Waals surface area contributed by atoms with Crippen LogP contribution in [0.15, 0.2) is 110 Å². The standard InChI is InChI=1S/C34H21N5S.Pt/c1-38-19-18-36-33(38)26-10-7-13-29-32(26)25-16-15-23(34-37-28-12-2-3-14-31(28)40-34)21-30(25)39(29)24-9-6-8-22(20-24)27-11-4-5-17-35-27;/h2-19H,1H3;/q-2;+2. The third-order valence-corrected chi connectivity index (χ3v) is 8.32. The summed E-state index contributed by atoms with van der Waals surface area (Å²) in [6.07, 6.45) is 5.64. The number of nitrogens with zero attached hydrogens (tertiary/aromatic N) is 5. The van der Waals surface area contributed by atoms with Gasteiger partial charge in [0.15, 0.2) is 0 Å². The summed E-state index contributed by atoms with van der Waals surface area (Å²) in [5, 5.41) is 3.20. The van der Waals surface area contributed by atoms with E-state index in [-0.39, 0.29) is 21.1 Å². The van der Waals surface area contributed by atoms with Gasteiger partial charge in [-0.1, -0.05) is 41.8 Å². The Bertz CT molecular complexity index is 2160. The average molecular weight is 727 g/mol. The van der Waals surface area contributed by atoms with E-state index in [2.05, 4.69) is 98.0 Å². The zero-order valence-electron chi connectivity index (χ0n) is 21.9. The first-order valence-electron chi connectivity index (χ1n) is 13.0. The van der Waals surface area contributed by atoms with Crippen LogP contribution in [0.3, 0.4) is 0 Å². The molecule has 0 fully saturated rings. The van der Waals surface area contributed by atoms with Crippen molar-refractivity contribution in [2.24, 2.45) is 7.05 Å². The first-order valence-corrected chi connectivity index (χ1v) is 13.8. The monoisotopic (exact) mass is 726 g/mol. The molecular weight excluding hydrogens is 706 g/mol. The van der Waals surface area contributed by atoms with Gasteiger partial charge in [-0.15, -0.1) is 53.6 Å². The molecule has 7 heteroatoms. The zero-order valence-corrected chi connectivity index (χ0v) is 24.9. The molecule has 0 radical (unpaired) electrons. The van der Waals surface area contributed by atoms with E-state index in [0.29, 0.717) is 0 Å². The van der Waals surface area contributed by atoms with E-state index < -0.39 is 0 Å². The van der Waals surface area contributed by atoms with Gasteiger partial charge >= 0.3 is 21.1 Å². The van der Waals surface area contributed by atoms with Crippen molar-refractivity contribution in [3.8, 4) is 38.9 Å². The summed E-state index contributed by atoms with van der Waals surface area (Å²) in [6, 6.07) is 38.5. The van der Waals surface area contributed by atoms with E-state index >= 15 is 0 Å². The number of benzene rings is 4. The van der Waals surface area contributed by atoms with Crippen LogP contribution >= 0.6 is 11.3 Å². The summed E-state index contributed by atoms with van der Waals surface area (Å²) >= 11 is 1.69. The predicted molar refractivity (Wildman–Crippen MR) is 162 cm³/mol. The Kier molecular flexibility index (Phi) is 6.38. The van der Waals surface area contributed by atoms with Crippen LogP contribution in [0.4, 0.5) is 0 Å². The number of thiazole rings is 1. The van der Waals surface area contributed by atoms with E-state index in [1.165, 1.54) is 4.70 Å². The Labute approximate surface area is 255 Å². The maximum Gasteiger partial charge on any atom is 2.00 e. The van der Waals surface area contributed by atoms with Crippen molar-refractivity contribution in [2.45, 2.75) is 0 Å². The Morgan fingerprint density at radius 3 is 2.46 bits per heavy atom. The molecule has 0 aliphatic carbocycles. The van der Waals surface area contributed by atoms with Gasteiger partial charge in [0.2, 0.25) is 0 Å². The summed E-state index contributed by atoms with van der Waals surface area (Å²) in [5.74, 6) is 0.922. The summed E-state index contributed by atoms with van der Waals surface area (Å²) in [4.78, 5) is 14.2. The number of hydrogen-bond donors (Lipinski definition) is 0. The molecule has 8 aromatic rings. The topological polar surface area (TPSA) is 48.5 Å². The molecule has 4 aromatic heterocycles. The van der Waals surface area contributed by atoms with E-state index in [4.69, 9.17) is 4.98 Å². The fraction of sp³-hybridized carbons (Fsp3) is 0.0294. The summed E-state index contributed by atoms with van der Waals surface area (Å²) in [5.41, 5.74) is 7.86. The fourth-order valence-electron chi connectivity index (χ4n) is 5.42. The number of imidazole rings is 1. The molecule has 0 spiro atoms. The van der Waals surface area contributed by atoms with Crippen LogP contribution in [0.1, 0.15) is 0 Å². The number of pyridine rings is 1. The second kappa shape index (κ2) is 10.2. The van der Waals surface area contributed by atoms with Gasteiger partial charge in [0, 0.05) is 46.4 Å².